The number of carbonyl (C=O) groups is 2. The summed E-state index contributed by atoms with van der Waals surface area (Å²) in [4.78, 5) is 22.7. The summed E-state index contributed by atoms with van der Waals surface area (Å²) in [6.45, 7) is 6.35. The van der Waals surface area contributed by atoms with Crippen LogP contribution in [0.1, 0.15) is 72.1 Å². The first kappa shape index (κ1) is 17.9. The van der Waals surface area contributed by atoms with E-state index in [0.29, 0.717) is 19.4 Å². The molecule has 4 heteroatoms. The molecular formula is C15H28O4. The quantitative estimate of drug-likeness (QED) is 0.426. The van der Waals surface area contributed by atoms with Gasteiger partial charge in [-0.15, -0.1) is 0 Å². The SMILES string of the molecule is CCCCCC(CC)OC(=O)CCCC(=O)OCC. The van der Waals surface area contributed by atoms with Gasteiger partial charge in [-0.2, -0.15) is 0 Å². The molecule has 4 nitrogen and oxygen atoms in total. The maximum Gasteiger partial charge on any atom is 0.306 e. The third-order valence-corrected chi connectivity index (χ3v) is 2.95. The Morgan fingerprint density at radius 2 is 1.63 bits per heavy atom. The van der Waals surface area contributed by atoms with E-state index >= 15 is 0 Å². The summed E-state index contributed by atoms with van der Waals surface area (Å²) in [5, 5.41) is 0. The number of ether oxygens (including phenoxy) is 2. The Balaban J connectivity index is 3.72. The highest BCUT2D eigenvalue weighted by atomic mass is 16.5. The molecule has 0 bridgehead atoms. The zero-order chi connectivity index (χ0) is 14.5. The minimum absolute atomic E-state index is 0.0293. The summed E-state index contributed by atoms with van der Waals surface area (Å²) in [5.41, 5.74) is 0. The molecule has 0 aliphatic rings. The van der Waals surface area contributed by atoms with Gasteiger partial charge in [-0.1, -0.05) is 26.7 Å². The van der Waals surface area contributed by atoms with Gasteiger partial charge in [0, 0.05) is 12.8 Å². The van der Waals surface area contributed by atoms with E-state index in [0.717, 1.165) is 19.3 Å². The second-order valence-corrected chi connectivity index (χ2v) is 4.67. The minimum Gasteiger partial charge on any atom is -0.466 e. The first-order chi connectivity index (χ1) is 9.13. The fourth-order valence-electron chi connectivity index (χ4n) is 1.82. The summed E-state index contributed by atoms with van der Waals surface area (Å²) >= 11 is 0. The fourth-order valence-corrected chi connectivity index (χ4v) is 1.82. The molecule has 0 rings (SSSR count). The van der Waals surface area contributed by atoms with Crippen LogP contribution in [0.2, 0.25) is 0 Å². The van der Waals surface area contributed by atoms with Crippen molar-refractivity contribution in [2.75, 3.05) is 6.61 Å². The molecule has 112 valence electrons. The number of unbranched alkanes of at least 4 members (excludes halogenated alkanes) is 2. The second kappa shape index (κ2) is 12.0. The molecule has 19 heavy (non-hydrogen) atoms. The number of rotatable bonds is 11. The van der Waals surface area contributed by atoms with E-state index in [9.17, 15) is 9.59 Å². The molecule has 0 heterocycles. The van der Waals surface area contributed by atoms with Crippen LogP contribution in [0.4, 0.5) is 0 Å². The summed E-state index contributed by atoms with van der Waals surface area (Å²) < 4.78 is 10.2. The van der Waals surface area contributed by atoms with Crippen LogP contribution < -0.4 is 0 Å². The van der Waals surface area contributed by atoms with Gasteiger partial charge in [0.25, 0.3) is 0 Å². The Bertz CT molecular complexity index is 251. The Morgan fingerprint density at radius 3 is 2.21 bits per heavy atom. The topological polar surface area (TPSA) is 52.6 Å². The molecule has 1 atom stereocenters. The molecule has 0 fully saturated rings. The van der Waals surface area contributed by atoms with E-state index in [1.807, 2.05) is 6.92 Å². The summed E-state index contributed by atoms with van der Waals surface area (Å²) in [6.07, 6.45) is 6.36. The van der Waals surface area contributed by atoms with Crippen molar-refractivity contribution in [2.24, 2.45) is 0 Å². The highest BCUT2D eigenvalue weighted by molar-refractivity contribution is 5.72. The summed E-state index contributed by atoms with van der Waals surface area (Å²) in [5.74, 6) is -0.446. The Hall–Kier alpha value is -1.06. The number of esters is 2. The predicted octanol–water partition coefficient (Wildman–Crippen LogP) is 3.62. The molecule has 0 aromatic rings. The molecule has 0 spiro atoms. The molecule has 0 saturated carbocycles. The Kier molecular flexibility index (Phi) is 11.3. The smallest absolute Gasteiger partial charge is 0.306 e. The fraction of sp³-hybridized carbons (Fsp3) is 0.867. The van der Waals surface area contributed by atoms with Gasteiger partial charge in [-0.3, -0.25) is 9.59 Å². The lowest BCUT2D eigenvalue weighted by atomic mass is 10.1. The van der Waals surface area contributed by atoms with Crippen LogP contribution in [0.25, 0.3) is 0 Å². The third kappa shape index (κ3) is 10.5. The zero-order valence-corrected chi connectivity index (χ0v) is 12.6. The van der Waals surface area contributed by atoms with Gasteiger partial charge in [-0.25, -0.2) is 0 Å². The van der Waals surface area contributed by atoms with Crippen molar-refractivity contribution < 1.29 is 19.1 Å². The van der Waals surface area contributed by atoms with Crippen molar-refractivity contribution in [1.82, 2.24) is 0 Å². The van der Waals surface area contributed by atoms with Gasteiger partial charge in [0.05, 0.1) is 6.61 Å². The standard InChI is InChI=1S/C15H28O4/c1-4-7-8-10-13(5-2)19-15(17)12-9-11-14(16)18-6-3/h13H,4-12H2,1-3H3. The lowest BCUT2D eigenvalue weighted by Crippen LogP contribution is -2.17. The predicted molar refractivity (Wildman–Crippen MR) is 74.8 cm³/mol. The molecule has 0 amide bonds. The van der Waals surface area contributed by atoms with Crippen LogP contribution in [0.5, 0.6) is 0 Å². The van der Waals surface area contributed by atoms with Crippen LogP contribution in [0.15, 0.2) is 0 Å². The number of hydrogen-bond acceptors (Lipinski definition) is 4. The van der Waals surface area contributed by atoms with Gasteiger partial charge in [0.15, 0.2) is 0 Å². The van der Waals surface area contributed by atoms with Crippen LogP contribution in [0.3, 0.4) is 0 Å². The Morgan fingerprint density at radius 1 is 0.947 bits per heavy atom. The van der Waals surface area contributed by atoms with Crippen LogP contribution in [0, 0.1) is 0 Å². The minimum atomic E-state index is -0.245. The first-order valence-corrected chi connectivity index (χ1v) is 7.49. The van der Waals surface area contributed by atoms with E-state index in [2.05, 4.69) is 6.92 Å². The van der Waals surface area contributed by atoms with Crippen molar-refractivity contribution in [2.45, 2.75) is 78.2 Å². The van der Waals surface area contributed by atoms with E-state index in [-0.39, 0.29) is 24.5 Å². The Labute approximate surface area is 116 Å². The van der Waals surface area contributed by atoms with E-state index in [4.69, 9.17) is 9.47 Å². The lowest BCUT2D eigenvalue weighted by molar-refractivity contribution is -0.150. The molecule has 1 unspecified atom stereocenters. The number of carbonyl (C=O) groups excluding carboxylic acids is 2. The van der Waals surface area contributed by atoms with Crippen LogP contribution >= 0.6 is 0 Å². The van der Waals surface area contributed by atoms with Crippen LogP contribution in [-0.2, 0) is 19.1 Å². The first-order valence-electron chi connectivity index (χ1n) is 7.49. The van der Waals surface area contributed by atoms with Crippen molar-refractivity contribution in [3.8, 4) is 0 Å². The molecular weight excluding hydrogens is 244 g/mol. The third-order valence-electron chi connectivity index (χ3n) is 2.95. The average Bonchev–Trinajstić information content (AvgIpc) is 2.38. The van der Waals surface area contributed by atoms with E-state index in [1.165, 1.54) is 12.8 Å². The molecule has 0 N–H and O–H groups in total. The van der Waals surface area contributed by atoms with E-state index < -0.39 is 0 Å². The molecule has 0 saturated heterocycles. The zero-order valence-electron chi connectivity index (χ0n) is 12.6. The molecule has 0 aromatic carbocycles. The van der Waals surface area contributed by atoms with Gasteiger partial charge in [-0.05, 0) is 32.6 Å². The van der Waals surface area contributed by atoms with Crippen LogP contribution in [-0.4, -0.2) is 24.6 Å². The average molecular weight is 272 g/mol. The van der Waals surface area contributed by atoms with Crippen molar-refractivity contribution >= 4 is 11.9 Å². The summed E-state index contributed by atoms with van der Waals surface area (Å²) in [6, 6.07) is 0. The van der Waals surface area contributed by atoms with Crippen molar-refractivity contribution in [3.05, 3.63) is 0 Å². The van der Waals surface area contributed by atoms with Gasteiger partial charge in [0.1, 0.15) is 6.10 Å². The summed E-state index contributed by atoms with van der Waals surface area (Å²) in [7, 11) is 0. The molecule has 0 radical (unpaired) electrons. The second-order valence-electron chi connectivity index (χ2n) is 4.67. The number of hydrogen-bond donors (Lipinski definition) is 0. The van der Waals surface area contributed by atoms with Crippen molar-refractivity contribution in [1.29, 1.82) is 0 Å². The molecule has 0 aromatic heterocycles. The van der Waals surface area contributed by atoms with Gasteiger partial charge in [0.2, 0.25) is 0 Å². The normalized spacial score (nSPS) is 11.9. The molecule has 0 aliphatic carbocycles. The monoisotopic (exact) mass is 272 g/mol. The lowest BCUT2D eigenvalue weighted by Gasteiger charge is -2.15. The van der Waals surface area contributed by atoms with Gasteiger partial charge >= 0.3 is 11.9 Å². The maximum absolute atomic E-state index is 11.6. The highest BCUT2D eigenvalue weighted by Gasteiger charge is 2.12. The highest BCUT2D eigenvalue weighted by Crippen LogP contribution is 2.12. The largest absolute Gasteiger partial charge is 0.466 e. The van der Waals surface area contributed by atoms with Gasteiger partial charge < -0.3 is 9.47 Å². The van der Waals surface area contributed by atoms with Crippen molar-refractivity contribution in [3.63, 3.8) is 0 Å². The molecule has 0 aliphatic heterocycles. The maximum atomic E-state index is 11.6. The van der Waals surface area contributed by atoms with E-state index in [1.54, 1.807) is 6.92 Å².